The number of hydrogen-bond acceptors (Lipinski definition) is 1. The molecule has 5 aromatic rings. The molecule has 2 nitrogen and oxygen atoms in total. The maximum absolute atomic E-state index is 4.82. The van der Waals surface area contributed by atoms with Gasteiger partial charge in [0.1, 0.15) is 5.65 Å². The van der Waals surface area contributed by atoms with Crippen molar-refractivity contribution in [3.05, 3.63) is 96.7 Å². The lowest BCUT2D eigenvalue weighted by atomic mass is 10.1. The van der Waals surface area contributed by atoms with Crippen LogP contribution in [0.2, 0.25) is 0 Å². The largest absolute Gasteiger partial charge is 0.294 e. The number of benzene rings is 3. The lowest BCUT2D eigenvalue weighted by Gasteiger charge is -2.11. The minimum atomic E-state index is 0.992. The maximum atomic E-state index is 4.82. The highest BCUT2D eigenvalue weighted by Crippen LogP contribution is 2.34. The molecule has 0 aliphatic heterocycles. The summed E-state index contributed by atoms with van der Waals surface area (Å²) in [7, 11) is 0. The summed E-state index contributed by atoms with van der Waals surface area (Å²) in [4.78, 5) is 4.82. The Labute approximate surface area is 152 Å². The van der Waals surface area contributed by atoms with Crippen molar-refractivity contribution in [3.8, 4) is 16.9 Å². The lowest BCUT2D eigenvalue weighted by molar-refractivity contribution is 1.10. The van der Waals surface area contributed by atoms with Crippen LogP contribution >= 0.6 is 0 Å². The van der Waals surface area contributed by atoms with Gasteiger partial charge in [-0.3, -0.25) is 4.57 Å². The standard InChI is InChI=1S/C24H18N2/c1-17-11-13-20(14-12-17)26-23(18-7-3-2-4-8-18)15-22-21-10-6-5-9-19(21)16-25-24(22)26/h2-16H,1H3. The smallest absolute Gasteiger partial charge is 0.145 e. The molecule has 2 heterocycles. The molecule has 2 aromatic heterocycles. The molecule has 0 aliphatic carbocycles. The van der Waals surface area contributed by atoms with Crippen LogP contribution in [0.5, 0.6) is 0 Å². The predicted octanol–water partition coefficient (Wildman–Crippen LogP) is 6.15. The Morgan fingerprint density at radius 1 is 0.731 bits per heavy atom. The Morgan fingerprint density at radius 2 is 1.46 bits per heavy atom. The first-order valence-electron chi connectivity index (χ1n) is 8.83. The van der Waals surface area contributed by atoms with E-state index in [-0.39, 0.29) is 0 Å². The van der Waals surface area contributed by atoms with Crippen molar-refractivity contribution in [1.82, 2.24) is 9.55 Å². The number of aromatic nitrogens is 2. The molecule has 124 valence electrons. The molecule has 0 atom stereocenters. The van der Waals surface area contributed by atoms with Crippen LogP contribution in [0.4, 0.5) is 0 Å². The van der Waals surface area contributed by atoms with E-state index >= 15 is 0 Å². The molecular formula is C24H18N2. The molecule has 0 saturated heterocycles. The highest BCUT2D eigenvalue weighted by Gasteiger charge is 2.15. The van der Waals surface area contributed by atoms with E-state index in [0.717, 1.165) is 17.0 Å². The highest BCUT2D eigenvalue weighted by atomic mass is 15.1. The predicted molar refractivity (Wildman–Crippen MR) is 109 cm³/mol. The van der Waals surface area contributed by atoms with Gasteiger partial charge in [0, 0.05) is 22.7 Å². The molecule has 5 rings (SSSR count). The van der Waals surface area contributed by atoms with E-state index in [1.54, 1.807) is 0 Å². The van der Waals surface area contributed by atoms with Gasteiger partial charge in [-0.05, 0) is 36.1 Å². The number of pyridine rings is 1. The average Bonchev–Trinajstić information content (AvgIpc) is 3.09. The monoisotopic (exact) mass is 334 g/mol. The fourth-order valence-electron chi connectivity index (χ4n) is 3.59. The van der Waals surface area contributed by atoms with Crippen molar-refractivity contribution in [2.45, 2.75) is 6.92 Å². The molecule has 0 fully saturated rings. The molecule has 2 heteroatoms. The quantitative estimate of drug-likeness (QED) is 0.378. The Balaban J connectivity index is 1.91. The minimum Gasteiger partial charge on any atom is -0.294 e. The number of fused-ring (bicyclic) bond motifs is 3. The molecule has 0 N–H and O–H groups in total. The van der Waals surface area contributed by atoms with Crippen LogP contribution in [-0.4, -0.2) is 9.55 Å². The second-order valence-corrected chi connectivity index (χ2v) is 6.65. The summed E-state index contributed by atoms with van der Waals surface area (Å²) in [6.07, 6.45) is 1.97. The number of nitrogens with zero attached hydrogens (tertiary/aromatic N) is 2. The Bertz CT molecular complexity index is 1220. The number of hydrogen-bond donors (Lipinski definition) is 0. The van der Waals surface area contributed by atoms with E-state index in [4.69, 9.17) is 4.98 Å². The van der Waals surface area contributed by atoms with Crippen LogP contribution in [0.15, 0.2) is 91.1 Å². The topological polar surface area (TPSA) is 17.8 Å². The summed E-state index contributed by atoms with van der Waals surface area (Å²) < 4.78 is 2.26. The number of rotatable bonds is 2. The van der Waals surface area contributed by atoms with Gasteiger partial charge in [0.15, 0.2) is 0 Å². The van der Waals surface area contributed by atoms with Gasteiger partial charge in [0.25, 0.3) is 0 Å². The van der Waals surface area contributed by atoms with Crippen LogP contribution in [0.3, 0.4) is 0 Å². The van der Waals surface area contributed by atoms with Crippen molar-refractivity contribution >= 4 is 21.8 Å². The SMILES string of the molecule is Cc1ccc(-n2c(-c3ccccc3)cc3c4ccccc4cnc32)cc1. The lowest BCUT2D eigenvalue weighted by Crippen LogP contribution is -1.98. The second-order valence-electron chi connectivity index (χ2n) is 6.65. The third-order valence-corrected chi connectivity index (χ3v) is 4.91. The Morgan fingerprint density at radius 3 is 2.27 bits per heavy atom. The van der Waals surface area contributed by atoms with Crippen LogP contribution in [0.25, 0.3) is 38.8 Å². The summed E-state index contributed by atoms with van der Waals surface area (Å²) >= 11 is 0. The van der Waals surface area contributed by atoms with E-state index in [0.29, 0.717) is 0 Å². The van der Waals surface area contributed by atoms with Crippen LogP contribution in [0.1, 0.15) is 5.56 Å². The fourth-order valence-corrected chi connectivity index (χ4v) is 3.59. The molecule has 0 aliphatic rings. The molecule has 3 aromatic carbocycles. The van der Waals surface area contributed by atoms with Crippen LogP contribution in [0, 0.1) is 6.92 Å². The van der Waals surface area contributed by atoms with E-state index in [9.17, 15) is 0 Å². The fraction of sp³-hybridized carbons (Fsp3) is 0.0417. The summed E-state index contributed by atoms with van der Waals surface area (Å²) in [5, 5.41) is 3.59. The first kappa shape index (κ1) is 14.9. The normalized spacial score (nSPS) is 11.3. The van der Waals surface area contributed by atoms with E-state index in [1.165, 1.54) is 27.3 Å². The van der Waals surface area contributed by atoms with Crippen molar-refractivity contribution in [2.24, 2.45) is 0 Å². The van der Waals surface area contributed by atoms with Gasteiger partial charge in [-0.2, -0.15) is 0 Å². The zero-order valence-corrected chi connectivity index (χ0v) is 14.6. The van der Waals surface area contributed by atoms with Gasteiger partial charge < -0.3 is 0 Å². The third-order valence-electron chi connectivity index (χ3n) is 4.91. The van der Waals surface area contributed by atoms with Gasteiger partial charge in [0.2, 0.25) is 0 Å². The molecule has 0 saturated carbocycles. The minimum absolute atomic E-state index is 0.992. The third kappa shape index (κ3) is 2.31. The van der Waals surface area contributed by atoms with Gasteiger partial charge >= 0.3 is 0 Å². The van der Waals surface area contributed by atoms with E-state index in [2.05, 4.69) is 96.4 Å². The molecule has 0 bridgehead atoms. The highest BCUT2D eigenvalue weighted by molar-refractivity contribution is 6.07. The molecule has 26 heavy (non-hydrogen) atoms. The summed E-state index contributed by atoms with van der Waals surface area (Å²) in [6, 6.07) is 29.9. The Hall–Kier alpha value is -3.39. The van der Waals surface area contributed by atoms with Crippen molar-refractivity contribution < 1.29 is 0 Å². The zero-order chi connectivity index (χ0) is 17.5. The second kappa shape index (κ2) is 5.85. The molecule has 0 spiro atoms. The Kier molecular flexibility index (Phi) is 3.36. The summed E-state index contributed by atoms with van der Waals surface area (Å²) in [6.45, 7) is 2.11. The summed E-state index contributed by atoms with van der Waals surface area (Å²) in [5.74, 6) is 0. The molecular weight excluding hydrogens is 316 g/mol. The molecule has 0 unspecified atom stereocenters. The number of aryl methyl sites for hydroxylation is 1. The first-order valence-corrected chi connectivity index (χ1v) is 8.83. The van der Waals surface area contributed by atoms with Gasteiger partial charge in [-0.1, -0.05) is 72.3 Å². The van der Waals surface area contributed by atoms with Crippen molar-refractivity contribution in [2.75, 3.05) is 0 Å². The zero-order valence-electron chi connectivity index (χ0n) is 14.6. The van der Waals surface area contributed by atoms with Crippen LogP contribution < -0.4 is 0 Å². The van der Waals surface area contributed by atoms with Gasteiger partial charge in [-0.25, -0.2) is 4.98 Å². The average molecular weight is 334 g/mol. The van der Waals surface area contributed by atoms with Crippen LogP contribution in [-0.2, 0) is 0 Å². The van der Waals surface area contributed by atoms with Gasteiger partial charge in [-0.15, -0.1) is 0 Å². The summed E-state index contributed by atoms with van der Waals surface area (Å²) in [5.41, 5.74) is 5.73. The van der Waals surface area contributed by atoms with E-state index in [1.807, 2.05) is 6.20 Å². The first-order chi connectivity index (χ1) is 12.8. The van der Waals surface area contributed by atoms with Crippen molar-refractivity contribution in [1.29, 1.82) is 0 Å². The molecule has 0 radical (unpaired) electrons. The van der Waals surface area contributed by atoms with Gasteiger partial charge in [0.05, 0.1) is 5.69 Å². The maximum Gasteiger partial charge on any atom is 0.145 e. The molecule has 0 amide bonds. The van der Waals surface area contributed by atoms with Crippen molar-refractivity contribution in [3.63, 3.8) is 0 Å². The van der Waals surface area contributed by atoms with E-state index < -0.39 is 0 Å².